The van der Waals surface area contributed by atoms with E-state index in [4.69, 9.17) is 9.47 Å². The third kappa shape index (κ3) is 4.84. The van der Waals surface area contributed by atoms with Gasteiger partial charge < -0.3 is 19.5 Å². The summed E-state index contributed by atoms with van der Waals surface area (Å²) in [5, 5.41) is 10.5. The van der Waals surface area contributed by atoms with E-state index in [1.54, 1.807) is 11.5 Å². The Balaban J connectivity index is 1.81. The molecule has 4 rings (SSSR count). The van der Waals surface area contributed by atoms with Crippen LogP contribution in [0.4, 0.5) is 0 Å². The zero-order valence-corrected chi connectivity index (χ0v) is 19.5. The van der Waals surface area contributed by atoms with Crippen LogP contribution in [-0.2, 0) is 14.3 Å². The van der Waals surface area contributed by atoms with Crippen molar-refractivity contribution in [1.82, 2.24) is 9.47 Å². The highest BCUT2D eigenvalue weighted by molar-refractivity contribution is 5.95. The van der Waals surface area contributed by atoms with Gasteiger partial charge in [0.15, 0.2) is 5.76 Å². The summed E-state index contributed by atoms with van der Waals surface area (Å²) >= 11 is 0. The number of aromatic nitrogens is 1. The van der Waals surface area contributed by atoms with Gasteiger partial charge in [0, 0.05) is 56.6 Å². The average Bonchev–Trinajstić information content (AvgIpc) is 3.23. The molecule has 3 atom stereocenters. The van der Waals surface area contributed by atoms with Gasteiger partial charge in [-0.05, 0) is 56.7 Å². The second-order valence-corrected chi connectivity index (χ2v) is 8.87. The van der Waals surface area contributed by atoms with Gasteiger partial charge in [-0.3, -0.25) is 14.2 Å². The number of piperidine rings is 1. The molecule has 178 valence electrons. The molecule has 2 aromatic rings. The topological polar surface area (TPSA) is 81.0 Å². The lowest BCUT2D eigenvalue weighted by atomic mass is 9.80. The number of hydrogen-bond acceptors (Lipinski definition) is 5. The number of nitrogens with zero attached hydrogens (tertiary/aromatic N) is 2. The minimum atomic E-state index is -0.597. The summed E-state index contributed by atoms with van der Waals surface area (Å²) < 4.78 is 13.8. The SMILES string of the molecule is CCO[C@@H]1OC(C(=O)N2CCCCC2)=C[C@H](c2cn(C(C)=O)c3ccccc23)[C@H]1CCCO. The molecule has 0 spiro atoms. The van der Waals surface area contributed by atoms with Crippen LogP contribution in [0.1, 0.15) is 62.2 Å². The zero-order chi connectivity index (χ0) is 23.4. The molecule has 1 amide bonds. The van der Waals surface area contributed by atoms with Crippen molar-refractivity contribution in [3.05, 3.63) is 47.9 Å². The number of amides is 1. The average molecular weight is 455 g/mol. The summed E-state index contributed by atoms with van der Waals surface area (Å²) in [6.45, 7) is 5.46. The molecule has 0 bridgehead atoms. The van der Waals surface area contributed by atoms with Gasteiger partial charge in [0.2, 0.25) is 12.2 Å². The largest absolute Gasteiger partial charge is 0.459 e. The third-order valence-electron chi connectivity index (χ3n) is 6.71. The fourth-order valence-electron chi connectivity index (χ4n) is 5.10. The predicted octanol–water partition coefficient (Wildman–Crippen LogP) is 4.06. The molecule has 3 heterocycles. The van der Waals surface area contributed by atoms with Crippen LogP contribution in [-0.4, -0.2) is 59.0 Å². The minimum Gasteiger partial charge on any atom is -0.459 e. The van der Waals surface area contributed by atoms with Crippen molar-refractivity contribution < 1.29 is 24.2 Å². The summed E-state index contributed by atoms with van der Waals surface area (Å²) in [6, 6.07) is 7.83. The van der Waals surface area contributed by atoms with Crippen LogP contribution in [0.5, 0.6) is 0 Å². The minimum absolute atomic E-state index is 0.0635. The zero-order valence-electron chi connectivity index (χ0n) is 19.5. The smallest absolute Gasteiger partial charge is 0.288 e. The van der Waals surface area contributed by atoms with Crippen molar-refractivity contribution in [1.29, 1.82) is 0 Å². The first-order chi connectivity index (χ1) is 16.0. The van der Waals surface area contributed by atoms with Crippen LogP contribution in [0.25, 0.3) is 10.9 Å². The number of carbonyl (C=O) groups excluding carboxylic acids is 2. The van der Waals surface area contributed by atoms with Gasteiger partial charge in [-0.1, -0.05) is 18.2 Å². The molecule has 1 fully saturated rings. The van der Waals surface area contributed by atoms with Gasteiger partial charge in [-0.25, -0.2) is 0 Å². The number of benzene rings is 1. The van der Waals surface area contributed by atoms with Crippen molar-refractivity contribution >= 4 is 22.7 Å². The standard InChI is InChI=1S/C26H34N2O5/c1-3-32-26-20(11-9-15-29)21(16-24(33-26)25(31)27-13-7-4-8-14-27)22-17-28(18(2)30)23-12-6-5-10-19(22)23/h5-6,10,12,16-17,20-21,26,29H,3-4,7-9,11,13-15H2,1-2H3/t20-,21+,26-/m1/s1. The first-order valence-corrected chi connectivity index (χ1v) is 12.1. The quantitative estimate of drug-likeness (QED) is 0.682. The van der Waals surface area contributed by atoms with Crippen LogP contribution < -0.4 is 0 Å². The van der Waals surface area contributed by atoms with Crippen molar-refractivity contribution in [3.8, 4) is 0 Å². The second-order valence-electron chi connectivity index (χ2n) is 8.87. The molecule has 0 saturated carbocycles. The summed E-state index contributed by atoms with van der Waals surface area (Å²) in [7, 11) is 0. The fourth-order valence-corrected chi connectivity index (χ4v) is 5.10. The van der Waals surface area contributed by atoms with E-state index in [0.29, 0.717) is 25.2 Å². The number of fused-ring (bicyclic) bond motifs is 1. The van der Waals surface area contributed by atoms with Crippen LogP contribution in [0.2, 0.25) is 0 Å². The van der Waals surface area contributed by atoms with E-state index in [0.717, 1.165) is 48.8 Å². The van der Waals surface area contributed by atoms with Gasteiger partial charge in [0.1, 0.15) is 0 Å². The number of rotatable bonds is 7. The Morgan fingerprint density at radius 2 is 1.94 bits per heavy atom. The van der Waals surface area contributed by atoms with Gasteiger partial charge >= 0.3 is 0 Å². The van der Waals surface area contributed by atoms with Gasteiger partial charge in [-0.15, -0.1) is 0 Å². The van der Waals surface area contributed by atoms with Crippen LogP contribution in [0, 0.1) is 5.92 Å². The molecule has 1 N–H and O–H groups in total. The van der Waals surface area contributed by atoms with E-state index in [1.165, 1.54) is 0 Å². The molecule has 1 aromatic carbocycles. The lowest BCUT2D eigenvalue weighted by molar-refractivity contribution is -0.170. The summed E-state index contributed by atoms with van der Waals surface area (Å²) in [4.78, 5) is 27.6. The molecule has 1 saturated heterocycles. The molecule has 33 heavy (non-hydrogen) atoms. The molecule has 0 unspecified atom stereocenters. The van der Waals surface area contributed by atoms with Crippen LogP contribution >= 0.6 is 0 Å². The van der Waals surface area contributed by atoms with Crippen molar-refractivity contribution in [2.45, 2.75) is 58.2 Å². The monoisotopic (exact) mass is 454 g/mol. The first kappa shape index (κ1) is 23.5. The fraction of sp³-hybridized carbons (Fsp3) is 0.538. The van der Waals surface area contributed by atoms with E-state index in [1.807, 2.05) is 48.4 Å². The maximum atomic E-state index is 13.4. The second kappa shape index (κ2) is 10.5. The highest BCUT2D eigenvalue weighted by Crippen LogP contribution is 2.42. The maximum absolute atomic E-state index is 13.4. The highest BCUT2D eigenvalue weighted by Gasteiger charge is 2.40. The predicted molar refractivity (Wildman–Crippen MR) is 126 cm³/mol. The molecule has 0 radical (unpaired) electrons. The lowest BCUT2D eigenvalue weighted by Gasteiger charge is -2.38. The maximum Gasteiger partial charge on any atom is 0.288 e. The summed E-state index contributed by atoms with van der Waals surface area (Å²) in [5.74, 6) is -0.121. The number of ether oxygens (including phenoxy) is 2. The number of hydrogen-bond donors (Lipinski definition) is 1. The van der Waals surface area contributed by atoms with E-state index < -0.39 is 6.29 Å². The number of allylic oxidation sites excluding steroid dienone is 1. The Hall–Kier alpha value is -2.64. The Morgan fingerprint density at radius 3 is 2.64 bits per heavy atom. The molecular formula is C26H34N2O5. The Morgan fingerprint density at radius 1 is 1.18 bits per heavy atom. The van der Waals surface area contributed by atoms with Gasteiger partial charge in [0.05, 0.1) is 5.52 Å². The number of aliphatic hydroxyl groups is 1. The molecule has 1 aromatic heterocycles. The number of aliphatic hydroxyl groups excluding tert-OH is 1. The summed E-state index contributed by atoms with van der Waals surface area (Å²) in [6.07, 6.45) is 7.63. The number of likely N-dealkylation sites (tertiary alicyclic amines) is 1. The Kier molecular flexibility index (Phi) is 7.50. The number of para-hydroxylation sites is 1. The molecule has 7 heteroatoms. The molecule has 7 nitrogen and oxygen atoms in total. The van der Waals surface area contributed by atoms with Crippen molar-refractivity contribution in [2.24, 2.45) is 5.92 Å². The van der Waals surface area contributed by atoms with E-state index in [9.17, 15) is 14.7 Å². The number of carbonyl (C=O) groups is 2. The summed E-state index contributed by atoms with van der Waals surface area (Å²) in [5.41, 5.74) is 1.82. The van der Waals surface area contributed by atoms with E-state index >= 15 is 0 Å². The first-order valence-electron chi connectivity index (χ1n) is 12.1. The van der Waals surface area contributed by atoms with Crippen molar-refractivity contribution in [3.63, 3.8) is 0 Å². The Labute approximate surface area is 195 Å². The molecule has 2 aliphatic rings. The normalized spacial score (nSPS) is 23.3. The third-order valence-corrected chi connectivity index (χ3v) is 6.71. The Bertz CT molecular complexity index is 1020. The highest BCUT2D eigenvalue weighted by atomic mass is 16.7. The molecular weight excluding hydrogens is 420 g/mol. The molecule has 2 aliphatic heterocycles. The van der Waals surface area contributed by atoms with Gasteiger partial charge in [-0.2, -0.15) is 0 Å². The lowest BCUT2D eigenvalue weighted by Crippen LogP contribution is -2.42. The van der Waals surface area contributed by atoms with Crippen LogP contribution in [0.15, 0.2) is 42.3 Å². The molecule has 0 aliphatic carbocycles. The van der Waals surface area contributed by atoms with E-state index in [-0.39, 0.29) is 30.3 Å². The van der Waals surface area contributed by atoms with E-state index in [2.05, 4.69) is 0 Å². The van der Waals surface area contributed by atoms with Gasteiger partial charge in [0.25, 0.3) is 5.91 Å². The van der Waals surface area contributed by atoms with Crippen molar-refractivity contribution in [2.75, 3.05) is 26.3 Å². The van der Waals surface area contributed by atoms with Crippen LogP contribution in [0.3, 0.4) is 0 Å².